The van der Waals surface area contributed by atoms with E-state index in [1.165, 1.54) is 12.5 Å². The van der Waals surface area contributed by atoms with Gasteiger partial charge in [0.2, 0.25) is 0 Å². The number of amides is 1. The predicted octanol–water partition coefficient (Wildman–Crippen LogP) is 2.99. The number of carbonyl (C=O) groups is 3. The summed E-state index contributed by atoms with van der Waals surface area (Å²) < 4.78 is 11.4. The topological polar surface area (TPSA) is 140 Å². The Morgan fingerprint density at radius 3 is 2.03 bits per heavy atom. The number of ether oxygens (including phenoxy) is 2. The van der Waals surface area contributed by atoms with Crippen LogP contribution in [0.25, 0.3) is 0 Å². The number of benzene rings is 2. The third-order valence-electron chi connectivity index (χ3n) is 4.27. The van der Waals surface area contributed by atoms with E-state index in [1.807, 2.05) is 36.4 Å². The SMILES string of the molecule is CCO.O=C(N[C@@H](Cc1cn(C(=O)OCc2ccccc2)cn1)C(=O)O)OCc1ccccc1. The lowest BCUT2D eigenvalue weighted by Crippen LogP contribution is -2.42. The zero-order valence-electron chi connectivity index (χ0n) is 18.7. The van der Waals surface area contributed by atoms with Crippen LogP contribution < -0.4 is 5.32 Å². The molecule has 3 N–H and O–H groups in total. The molecule has 1 aromatic heterocycles. The largest absolute Gasteiger partial charge is 0.480 e. The molecule has 0 aliphatic rings. The molecule has 0 aliphatic carbocycles. The molecule has 180 valence electrons. The number of imidazole rings is 1. The fourth-order valence-corrected chi connectivity index (χ4v) is 2.68. The number of nitrogens with one attached hydrogen (secondary N) is 1. The zero-order chi connectivity index (χ0) is 24.8. The van der Waals surface area contributed by atoms with Crippen LogP contribution in [0.2, 0.25) is 0 Å². The highest BCUT2D eigenvalue weighted by Crippen LogP contribution is 2.06. The number of aliphatic carboxylic acids is 1. The van der Waals surface area contributed by atoms with E-state index >= 15 is 0 Å². The number of alkyl carbamates (subject to hydrolysis) is 1. The van der Waals surface area contributed by atoms with Crippen molar-refractivity contribution in [2.24, 2.45) is 0 Å². The van der Waals surface area contributed by atoms with E-state index in [2.05, 4.69) is 10.3 Å². The zero-order valence-corrected chi connectivity index (χ0v) is 18.7. The van der Waals surface area contributed by atoms with Gasteiger partial charge in [0.15, 0.2) is 0 Å². The van der Waals surface area contributed by atoms with Crippen LogP contribution in [0.5, 0.6) is 0 Å². The monoisotopic (exact) mass is 469 g/mol. The summed E-state index contributed by atoms with van der Waals surface area (Å²) in [6, 6.07) is 16.9. The number of aliphatic hydroxyl groups excluding tert-OH is 1. The van der Waals surface area contributed by atoms with E-state index in [0.29, 0.717) is 5.69 Å². The van der Waals surface area contributed by atoms with Gasteiger partial charge in [-0.15, -0.1) is 0 Å². The van der Waals surface area contributed by atoms with Crippen LogP contribution in [-0.4, -0.2) is 50.6 Å². The molecule has 0 fully saturated rings. The second-order valence-electron chi connectivity index (χ2n) is 6.93. The molecule has 0 radical (unpaired) electrons. The van der Waals surface area contributed by atoms with Crippen LogP contribution in [0.3, 0.4) is 0 Å². The Bertz CT molecular complexity index is 1040. The molecule has 0 unspecified atom stereocenters. The minimum Gasteiger partial charge on any atom is -0.480 e. The first-order valence-electron chi connectivity index (χ1n) is 10.5. The Morgan fingerprint density at radius 1 is 0.971 bits per heavy atom. The molecule has 0 aliphatic heterocycles. The van der Waals surface area contributed by atoms with Crippen LogP contribution in [0.15, 0.2) is 73.2 Å². The summed E-state index contributed by atoms with van der Waals surface area (Å²) in [5.41, 5.74) is 1.91. The highest BCUT2D eigenvalue weighted by atomic mass is 16.6. The third kappa shape index (κ3) is 9.13. The van der Waals surface area contributed by atoms with Crippen molar-refractivity contribution in [1.29, 1.82) is 0 Å². The maximum atomic E-state index is 12.1. The number of nitrogens with zero attached hydrogens (tertiary/aromatic N) is 2. The van der Waals surface area contributed by atoms with E-state index in [1.54, 1.807) is 31.2 Å². The molecule has 2 aromatic carbocycles. The van der Waals surface area contributed by atoms with Crippen LogP contribution in [0, 0.1) is 0 Å². The van der Waals surface area contributed by atoms with Gasteiger partial charge in [-0.3, -0.25) is 0 Å². The average Bonchev–Trinajstić information content (AvgIpc) is 3.31. The van der Waals surface area contributed by atoms with Crippen LogP contribution >= 0.6 is 0 Å². The van der Waals surface area contributed by atoms with Crippen molar-refractivity contribution in [1.82, 2.24) is 14.9 Å². The highest BCUT2D eigenvalue weighted by Gasteiger charge is 2.23. The molecular weight excluding hydrogens is 442 g/mol. The first-order chi connectivity index (χ1) is 16.4. The quantitative estimate of drug-likeness (QED) is 0.457. The number of hydrogen-bond donors (Lipinski definition) is 3. The summed E-state index contributed by atoms with van der Waals surface area (Å²) in [4.78, 5) is 39.6. The second kappa shape index (κ2) is 14.1. The molecule has 0 saturated heterocycles. The van der Waals surface area contributed by atoms with E-state index in [9.17, 15) is 19.5 Å². The van der Waals surface area contributed by atoms with Gasteiger partial charge in [-0.05, 0) is 18.1 Å². The fraction of sp³-hybridized carbons (Fsp3) is 0.250. The van der Waals surface area contributed by atoms with E-state index < -0.39 is 24.2 Å². The molecular formula is C24H27N3O7. The number of carboxylic acids is 1. The summed E-state index contributed by atoms with van der Waals surface area (Å²) in [5, 5.41) is 19.3. The van der Waals surface area contributed by atoms with Crippen molar-refractivity contribution in [2.45, 2.75) is 32.6 Å². The van der Waals surface area contributed by atoms with Crippen molar-refractivity contribution in [2.75, 3.05) is 6.61 Å². The smallest absolute Gasteiger partial charge is 0.419 e. The Balaban J connectivity index is 0.00000129. The second-order valence-corrected chi connectivity index (χ2v) is 6.93. The molecule has 0 spiro atoms. The first kappa shape index (κ1) is 26.1. The normalized spacial score (nSPS) is 10.9. The number of aliphatic hydroxyl groups is 1. The van der Waals surface area contributed by atoms with E-state index in [0.717, 1.165) is 15.7 Å². The summed E-state index contributed by atoms with van der Waals surface area (Å²) in [7, 11) is 0. The predicted molar refractivity (Wildman–Crippen MR) is 122 cm³/mol. The van der Waals surface area contributed by atoms with Crippen molar-refractivity contribution in [3.63, 3.8) is 0 Å². The average molecular weight is 469 g/mol. The van der Waals surface area contributed by atoms with Crippen LogP contribution in [0.4, 0.5) is 9.59 Å². The molecule has 3 aromatic rings. The van der Waals surface area contributed by atoms with Crippen LogP contribution in [-0.2, 0) is 33.9 Å². The lowest BCUT2D eigenvalue weighted by atomic mass is 10.2. The van der Waals surface area contributed by atoms with Gasteiger partial charge in [0.25, 0.3) is 0 Å². The molecule has 34 heavy (non-hydrogen) atoms. The summed E-state index contributed by atoms with van der Waals surface area (Å²) >= 11 is 0. The minimum absolute atomic E-state index is 0.0148. The molecule has 10 heteroatoms. The Morgan fingerprint density at radius 2 is 1.50 bits per heavy atom. The molecule has 1 amide bonds. The molecule has 1 heterocycles. The van der Waals surface area contributed by atoms with Gasteiger partial charge in [-0.2, -0.15) is 0 Å². The maximum Gasteiger partial charge on any atom is 0.419 e. The summed E-state index contributed by atoms with van der Waals surface area (Å²) in [6.07, 6.45) is 0.951. The summed E-state index contributed by atoms with van der Waals surface area (Å²) in [6.45, 7) is 2.04. The highest BCUT2D eigenvalue weighted by molar-refractivity contribution is 5.80. The third-order valence-corrected chi connectivity index (χ3v) is 4.27. The fourth-order valence-electron chi connectivity index (χ4n) is 2.68. The van der Waals surface area contributed by atoms with Gasteiger partial charge < -0.3 is 25.0 Å². The first-order valence-corrected chi connectivity index (χ1v) is 10.5. The number of rotatable bonds is 8. The minimum atomic E-state index is -1.27. The molecule has 10 nitrogen and oxygen atoms in total. The lowest BCUT2D eigenvalue weighted by Gasteiger charge is -2.13. The number of hydrogen-bond acceptors (Lipinski definition) is 7. The molecule has 1 atom stereocenters. The van der Waals surface area contributed by atoms with Gasteiger partial charge >= 0.3 is 18.2 Å². The number of carboxylic acid groups (broad SMARTS) is 1. The Hall–Kier alpha value is -4.18. The van der Waals surface area contributed by atoms with E-state index in [4.69, 9.17) is 14.6 Å². The van der Waals surface area contributed by atoms with Crippen LogP contribution in [0.1, 0.15) is 23.7 Å². The maximum absolute atomic E-state index is 12.1. The molecule has 0 saturated carbocycles. The van der Waals surface area contributed by atoms with Gasteiger partial charge in [-0.1, -0.05) is 60.7 Å². The molecule has 0 bridgehead atoms. The number of aromatic nitrogens is 2. The Labute approximate surface area is 196 Å². The number of carbonyl (C=O) groups excluding carboxylic acids is 2. The Kier molecular flexibility index (Phi) is 10.8. The lowest BCUT2D eigenvalue weighted by molar-refractivity contribution is -0.139. The van der Waals surface area contributed by atoms with Gasteiger partial charge in [0, 0.05) is 19.2 Å². The van der Waals surface area contributed by atoms with E-state index in [-0.39, 0.29) is 26.2 Å². The molecule has 3 rings (SSSR count). The van der Waals surface area contributed by atoms with Gasteiger partial charge in [-0.25, -0.2) is 23.9 Å². The van der Waals surface area contributed by atoms with Crippen molar-refractivity contribution in [3.8, 4) is 0 Å². The van der Waals surface area contributed by atoms with Gasteiger partial charge in [0.1, 0.15) is 25.6 Å². The summed E-state index contributed by atoms with van der Waals surface area (Å²) in [5.74, 6) is -1.25. The van der Waals surface area contributed by atoms with Crippen molar-refractivity contribution in [3.05, 3.63) is 90.0 Å². The standard InChI is InChI=1S/C22H21N3O6.C2H6O/c26-20(27)19(24-21(28)30-13-16-7-3-1-4-8-16)11-18-12-25(15-23-18)22(29)31-14-17-9-5-2-6-10-17;1-2-3/h1-10,12,15,19H,11,13-14H2,(H,24,28)(H,26,27);3H,2H2,1H3/t19-;/m0./s1. The van der Waals surface area contributed by atoms with Gasteiger partial charge in [0.05, 0.1) is 5.69 Å². The van der Waals surface area contributed by atoms with Crippen molar-refractivity contribution >= 4 is 18.2 Å². The van der Waals surface area contributed by atoms with Crippen molar-refractivity contribution < 1.29 is 34.1 Å².